The number of hydrogen-bond acceptors (Lipinski definition) is 6. The Morgan fingerprint density at radius 2 is 2.00 bits per heavy atom. The van der Waals surface area contributed by atoms with Crippen LogP contribution in [0.1, 0.15) is 0 Å². The van der Waals surface area contributed by atoms with Crippen LogP contribution in [0.5, 0.6) is 5.75 Å². The van der Waals surface area contributed by atoms with E-state index in [-0.39, 0.29) is 5.95 Å². The number of ether oxygens (including phenoxy) is 1. The molecule has 3 heterocycles. The second kappa shape index (κ2) is 5.62. The van der Waals surface area contributed by atoms with Crippen LogP contribution in [0.3, 0.4) is 0 Å². The van der Waals surface area contributed by atoms with Gasteiger partial charge in [-0.25, -0.2) is 4.98 Å². The number of H-pyrrole nitrogens is 1. The molecule has 0 aliphatic heterocycles. The summed E-state index contributed by atoms with van der Waals surface area (Å²) in [6.07, 6.45) is 3.58. The number of aromatic amines is 1. The van der Waals surface area contributed by atoms with Crippen LogP contribution in [0.15, 0.2) is 48.8 Å². The first kappa shape index (κ1) is 14.1. The zero-order chi connectivity index (χ0) is 16.5. The topological polar surface area (TPSA) is 103 Å². The predicted molar refractivity (Wildman–Crippen MR) is 91.3 cm³/mol. The molecule has 1 aromatic carbocycles. The first-order valence-electron chi connectivity index (χ1n) is 7.33. The average Bonchev–Trinajstić information content (AvgIpc) is 3.05. The molecule has 0 unspecified atom stereocenters. The normalized spacial score (nSPS) is 10.9. The van der Waals surface area contributed by atoms with Gasteiger partial charge >= 0.3 is 0 Å². The van der Waals surface area contributed by atoms with Crippen molar-refractivity contribution in [2.45, 2.75) is 0 Å². The second-order valence-corrected chi connectivity index (χ2v) is 5.20. The van der Waals surface area contributed by atoms with E-state index >= 15 is 0 Å². The zero-order valence-electron chi connectivity index (χ0n) is 12.9. The molecule has 7 nitrogen and oxygen atoms in total. The maximum Gasteiger partial charge on any atom is 0.240 e. The predicted octanol–water partition coefficient (Wildman–Crippen LogP) is 2.67. The number of benzene rings is 1. The molecular formula is C17H14N6O. The molecule has 0 spiro atoms. The van der Waals surface area contributed by atoms with Gasteiger partial charge in [-0.3, -0.25) is 4.98 Å². The van der Waals surface area contributed by atoms with Crippen molar-refractivity contribution < 1.29 is 4.74 Å². The van der Waals surface area contributed by atoms with Crippen LogP contribution in [-0.2, 0) is 0 Å². The number of fused-ring (bicyclic) bond motifs is 1. The third kappa shape index (κ3) is 2.32. The molecule has 118 valence electrons. The number of nitrogen functional groups attached to an aromatic ring is 1. The third-order valence-corrected chi connectivity index (χ3v) is 3.75. The summed E-state index contributed by atoms with van der Waals surface area (Å²) in [6, 6.07) is 11.4. The molecule has 0 saturated heterocycles. The molecule has 4 rings (SSSR count). The highest BCUT2D eigenvalue weighted by atomic mass is 16.5. The van der Waals surface area contributed by atoms with Crippen molar-refractivity contribution in [3.05, 3.63) is 48.8 Å². The Kier molecular flexibility index (Phi) is 3.31. The lowest BCUT2D eigenvalue weighted by Gasteiger charge is -2.07. The fraction of sp³-hybridized carbons (Fsp3) is 0.0588. The van der Waals surface area contributed by atoms with Crippen molar-refractivity contribution in [3.8, 4) is 28.4 Å². The van der Waals surface area contributed by atoms with E-state index in [0.29, 0.717) is 17.1 Å². The third-order valence-electron chi connectivity index (χ3n) is 3.75. The lowest BCUT2D eigenvalue weighted by Crippen LogP contribution is -2.02. The van der Waals surface area contributed by atoms with Gasteiger partial charge < -0.3 is 15.5 Å². The van der Waals surface area contributed by atoms with Crippen molar-refractivity contribution >= 4 is 16.9 Å². The van der Waals surface area contributed by atoms with Gasteiger partial charge in [-0.05, 0) is 30.3 Å². The van der Waals surface area contributed by atoms with Crippen molar-refractivity contribution in [3.63, 3.8) is 0 Å². The molecule has 0 radical (unpaired) electrons. The molecule has 0 aliphatic rings. The molecule has 0 bridgehead atoms. The highest BCUT2D eigenvalue weighted by molar-refractivity contribution is 5.98. The quantitative estimate of drug-likeness (QED) is 0.602. The van der Waals surface area contributed by atoms with Crippen LogP contribution in [0.25, 0.3) is 33.5 Å². The minimum absolute atomic E-state index is 0.113. The number of aromatic nitrogens is 5. The Labute approximate surface area is 137 Å². The molecule has 0 atom stereocenters. The summed E-state index contributed by atoms with van der Waals surface area (Å²) >= 11 is 0. The monoisotopic (exact) mass is 318 g/mol. The van der Waals surface area contributed by atoms with Gasteiger partial charge in [0.15, 0.2) is 0 Å². The first-order valence-corrected chi connectivity index (χ1v) is 7.33. The van der Waals surface area contributed by atoms with E-state index in [1.54, 1.807) is 13.3 Å². The summed E-state index contributed by atoms with van der Waals surface area (Å²) in [5.41, 5.74) is 9.49. The standard InChI is InChI=1S/C17H14N6O/c1-24-10-5-6-13-11(8-10)12(9-20-13)15-16(22-23-17(18)21-15)14-4-2-3-7-19-14/h2-9,20H,1H3,(H2,18,21,23). The lowest BCUT2D eigenvalue weighted by molar-refractivity contribution is 0.415. The number of nitrogens with zero attached hydrogens (tertiary/aromatic N) is 4. The maximum atomic E-state index is 5.77. The maximum absolute atomic E-state index is 5.77. The Bertz CT molecular complexity index is 1010. The number of methoxy groups -OCH3 is 1. The summed E-state index contributed by atoms with van der Waals surface area (Å²) in [7, 11) is 1.64. The van der Waals surface area contributed by atoms with E-state index in [4.69, 9.17) is 10.5 Å². The van der Waals surface area contributed by atoms with Crippen LogP contribution >= 0.6 is 0 Å². The van der Waals surface area contributed by atoms with Gasteiger partial charge in [0.05, 0.1) is 12.8 Å². The molecule has 0 fully saturated rings. The fourth-order valence-electron chi connectivity index (χ4n) is 2.62. The summed E-state index contributed by atoms with van der Waals surface area (Å²) in [6.45, 7) is 0. The van der Waals surface area contributed by atoms with Crippen LogP contribution in [-0.4, -0.2) is 32.3 Å². The minimum atomic E-state index is 0.113. The minimum Gasteiger partial charge on any atom is -0.497 e. The second-order valence-electron chi connectivity index (χ2n) is 5.20. The number of pyridine rings is 1. The molecule has 3 aromatic heterocycles. The summed E-state index contributed by atoms with van der Waals surface area (Å²) in [5.74, 6) is 0.875. The van der Waals surface area contributed by atoms with Gasteiger partial charge in [-0.2, -0.15) is 0 Å². The van der Waals surface area contributed by atoms with Gasteiger partial charge in [0.1, 0.15) is 17.1 Å². The van der Waals surface area contributed by atoms with Gasteiger partial charge in [-0.15, -0.1) is 10.2 Å². The number of nitrogens with two attached hydrogens (primary N) is 1. The van der Waals surface area contributed by atoms with E-state index < -0.39 is 0 Å². The molecular weight excluding hydrogens is 304 g/mol. The van der Waals surface area contributed by atoms with Gasteiger partial charge in [-0.1, -0.05) is 6.07 Å². The van der Waals surface area contributed by atoms with Crippen LogP contribution in [0, 0.1) is 0 Å². The van der Waals surface area contributed by atoms with E-state index in [0.717, 1.165) is 22.2 Å². The number of rotatable bonds is 3. The van der Waals surface area contributed by atoms with Crippen LogP contribution in [0.4, 0.5) is 5.95 Å². The molecule has 24 heavy (non-hydrogen) atoms. The molecule has 0 aliphatic carbocycles. The average molecular weight is 318 g/mol. The van der Waals surface area contributed by atoms with Crippen LogP contribution in [0.2, 0.25) is 0 Å². The smallest absolute Gasteiger partial charge is 0.240 e. The zero-order valence-corrected chi connectivity index (χ0v) is 12.9. The Morgan fingerprint density at radius 1 is 1.08 bits per heavy atom. The SMILES string of the molecule is COc1ccc2[nH]cc(-c3nc(N)nnc3-c3ccccn3)c2c1. The summed E-state index contributed by atoms with van der Waals surface area (Å²) in [4.78, 5) is 12.0. The number of hydrogen-bond donors (Lipinski definition) is 2. The van der Waals surface area contributed by atoms with E-state index in [2.05, 4.69) is 25.1 Å². The van der Waals surface area contributed by atoms with Crippen molar-refractivity contribution in [2.75, 3.05) is 12.8 Å². The number of nitrogens with one attached hydrogen (secondary N) is 1. The molecule has 0 amide bonds. The largest absolute Gasteiger partial charge is 0.497 e. The Balaban J connectivity index is 1.98. The summed E-state index contributed by atoms with van der Waals surface area (Å²) < 4.78 is 5.32. The molecule has 3 N–H and O–H groups in total. The van der Waals surface area contributed by atoms with Gasteiger partial charge in [0.25, 0.3) is 0 Å². The number of anilines is 1. The highest BCUT2D eigenvalue weighted by Crippen LogP contribution is 2.34. The first-order chi connectivity index (χ1) is 11.8. The molecule has 0 saturated carbocycles. The van der Waals surface area contributed by atoms with Gasteiger partial charge in [0.2, 0.25) is 5.95 Å². The molecule has 7 heteroatoms. The van der Waals surface area contributed by atoms with Crippen molar-refractivity contribution in [1.82, 2.24) is 25.1 Å². The summed E-state index contributed by atoms with van der Waals surface area (Å²) in [5, 5.41) is 9.05. The van der Waals surface area contributed by atoms with E-state index in [9.17, 15) is 0 Å². The molecule has 4 aromatic rings. The Morgan fingerprint density at radius 3 is 2.79 bits per heavy atom. The van der Waals surface area contributed by atoms with Crippen LogP contribution < -0.4 is 10.5 Å². The van der Waals surface area contributed by atoms with Crippen molar-refractivity contribution in [1.29, 1.82) is 0 Å². The van der Waals surface area contributed by atoms with Crippen molar-refractivity contribution in [2.24, 2.45) is 0 Å². The highest BCUT2D eigenvalue weighted by Gasteiger charge is 2.17. The lowest BCUT2D eigenvalue weighted by atomic mass is 10.1. The van der Waals surface area contributed by atoms with E-state index in [1.165, 1.54) is 0 Å². The Hall–Kier alpha value is -3.48. The van der Waals surface area contributed by atoms with E-state index in [1.807, 2.05) is 42.6 Å². The fourth-order valence-corrected chi connectivity index (χ4v) is 2.62. The van der Waals surface area contributed by atoms with Gasteiger partial charge in [0, 0.05) is 28.9 Å².